The highest BCUT2D eigenvalue weighted by Gasteiger charge is 2.15. The third-order valence-electron chi connectivity index (χ3n) is 3.02. The van der Waals surface area contributed by atoms with Crippen LogP contribution in [0.1, 0.15) is 5.56 Å². The second-order valence-electron chi connectivity index (χ2n) is 4.22. The van der Waals surface area contributed by atoms with Gasteiger partial charge in [0.05, 0.1) is 0 Å². The molecule has 1 saturated heterocycles. The van der Waals surface area contributed by atoms with Gasteiger partial charge >= 0.3 is 0 Å². The fourth-order valence-electron chi connectivity index (χ4n) is 1.97. The molecule has 0 spiro atoms. The summed E-state index contributed by atoms with van der Waals surface area (Å²) in [5.74, 6) is -0.144. The van der Waals surface area contributed by atoms with Gasteiger partial charge in [-0.3, -0.25) is 0 Å². The molecule has 2 rings (SSSR count). The van der Waals surface area contributed by atoms with Crippen LogP contribution in [0.15, 0.2) is 18.2 Å². The Hall–Kier alpha value is -1.09. The Morgan fingerprint density at radius 1 is 1.13 bits per heavy atom. The molecule has 2 nitrogen and oxygen atoms in total. The summed E-state index contributed by atoms with van der Waals surface area (Å²) in [4.78, 5) is 4.56. The molecule has 0 bridgehead atoms. The van der Waals surface area contributed by atoms with Gasteiger partial charge in [-0.2, -0.15) is 0 Å². The molecule has 0 aliphatic carbocycles. The van der Waals surface area contributed by atoms with Crippen LogP contribution < -0.4 is 4.90 Å². The van der Waals surface area contributed by atoms with E-state index in [1.165, 1.54) is 6.07 Å². The molecule has 0 amide bonds. The van der Waals surface area contributed by atoms with Gasteiger partial charge in [0.1, 0.15) is 5.82 Å². The lowest BCUT2D eigenvalue weighted by Gasteiger charge is -2.34. The molecule has 0 saturated carbocycles. The number of hydrogen-bond donors (Lipinski definition) is 0. The standard InChI is InChI=1S/C12H17FN2/c1-10-3-4-11(13)9-12(10)15-7-5-14(2)6-8-15/h3-4,9H,5-8H2,1-2H3. The van der Waals surface area contributed by atoms with E-state index < -0.39 is 0 Å². The third kappa shape index (κ3) is 2.29. The number of nitrogens with zero attached hydrogens (tertiary/aromatic N) is 2. The van der Waals surface area contributed by atoms with Gasteiger partial charge in [-0.1, -0.05) is 6.07 Å². The molecule has 1 aromatic carbocycles. The van der Waals surface area contributed by atoms with E-state index in [1.54, 1.807) is 6.07 Å². The zero-order valence-corrected chi connectivity index (χ0v) is 9.33. The number of piperazine rings is 1. The largest absolute Gasteiger partial charge is 0.369 e. The van der Waals surface area contributed by atoms with E-state index in [0.29, 0.717) is 0 Å². The molecule has 0 aromatic heterocycles. The maximum Gasteiger partial charge on any atom is 0.125 e. The van der Waals surface area contributed by atoms with Crippen LogP contribution in [-0.2, 0) is 0 Å². The fraction of sp³-hybridized carbons (Fsp3) is 0.500. The summed E-state index contributed by atoms with van der Waals surface area (Å²) >= 11 is 0. The maximum absolute atomic E-state index is 13.1. The van der Waals surface area contributed by atoms with Crippen molar-refractivity contribution in [2.24, 2.45) is 0 Å². The van der Waals surface area contributed by atoms with Gasteiger partial charge in [-0.05, 0) is 31.7 Å². The first kappa shape index (κ1) is 10.4. The molecule has 0 N–H and O–H groups in total. The molecule has 0 radical (unpaired) electrons. The Bertz CT molecular complexity index is 343. The summed E-state index contributed by atoms with van der Waals surface area (Å²) in [6, 6.07) is 5.01. The predicted molar refractivity (Wildman–Crippen MR) is 60.8 cm³/mol. The highest BCUT2D eigenvalue weighted by atomic mass is 19.1. The number of rotatable bonds is 1. The van der Waals surface area contributed by atoms with E-state index >= 15 is 0 Å². The molecular formula is C12H17FN2. The van der Waals surface area contributed by atoms with E-state index in [2.05, 4.69) is 16.8 Å². The molecule has 1 heterocycles. The maximum atomic E-state index is 13.1. The lowest BCUT2D eigenvalue weighted by molar-refractivity contribution is 0.312. The first-order chi connectivity index (χ1) is 7.16. The van der Waals surface area contributed by atoms with Gasteiger partial charge < -0.3 is 9.80 Å². The van der Waals surface area contributed by atoms with E-state index in [0.717, 1.165) is 37.4 Å². The number of hydrogen-bond acceptors (Lipinski definition) is 2. The van der Waals surface area contributed by atoms with Crippen molar-refractivity contribution in [1.82, 2.24) is 4.90 Å². The molecule has 1 aliphatic heterocycles. The van der Waals surface area contributed by atoms with Crippen molar-refractivity contribution >= 4 is 5.69 Å². The number of halogens is 1. The van der Waals surface area contributed by atoms with Crippen LogP contribution in [-0.4, -0.2) is 38.1 Å². The summed E-state index contributed by atoms with van der Waals surface area (Å²) in [7, 11) is 2.12. The Morgan fingerprint density at radius 3 is 2.47 bits per heavy atom. The molecule has 3 heteroatoms. The first-order valence-corrected chi connectivity index (χ1v) is 5.36. The number of anilines is 1. The topological polar surface area (TPSA) is 6.48 Å². The van der Waals surface area contributed by atoms with Gasteiger partial charge in [0.15, 0.2) is 0 Å². The van der Waals surface area contributed by atoms with Crippen molar-refractivity contribution in [2.75, 3.05) is 38.1 Å². The van der Waals surface area contributed by atoms with Crippen molar-refractivity contribution in [3.8, 4) is 0 Å². The zero-order valence-electron chi connectivity index (χ0n) is 9.33. The second-order valence-corrected chi connectivity index (χ2v) is 4.22. The highest BCUT2D eigenvalue weighted by molar-refractivity contribution is 5.53. The Morgan fingerprint density at radius 2 is 1.80 bits per heavy atom. The van der Waals surface area contributed by atoms with Crippen LogP contribution >= 0.6 is 0 Å². The van der Waals surface area contributed by atoms with Gasteiger partial charge in [-0.25, -0.2) is 4.39 Å². The van der Waals surface area contributed by atoms with Gasteiger partial charge in [-0.15, -0.1) is 0 Å². The monoisotopic (exact) mass is 208 g/mol. The lowest BCUT2D eigenvalue weighted by atomic mass is 10.1. The summed E-state index contributed by atoms with van der Waals surface area (Å²) < 4.78 is 13.1. The van der Waals surface area contributed by atoms with Crippen molar-refractivity contribution in [3.05, 3.63) is 29.6 Å². The van der Waals surface area contributed by atoms with E-state index in [1.807, 2.05) is 13.0 Å². The van der Waals surface area contributed by atoms with Crippen molar-refractivity contribution in [2.45, 2.75) is 6.92 Å². The molecule has 0 atom stereocenters. The summed E-state index contributed by atoms with van der Waals surface area (Å²) in [5.41, 5.74) is 2.20. The van der Waals surface area contributed by atoms with Crippen LogP contribution in [0.2, 0.25) is 0 Å². The minimum Gasteiger partial charge on any atom is -0.369 e. The van der Waals surface area contributed by atoms with Crippen molar-refractivity contribution in [1.29, 1.82) is 0 Å². The molecule has 0 unspecified atom stereocenters. The zero-order chi connectivity index (χ0) is 10.8. The summed E-state index contributed by atoms with van der Waals surface area (Å²) in [6.07, 6.45) is 0. The SMILES string of the molecule is Cc1ccc(F)cc1N1CCN(C)CC1. The van der Waals surface area contributed by atoms with Crippen LogP contribution in [0.5, 0.6) is 0 Å². The lowest BCUT2D eigenvalue weighted by Crippen LogP contribution is -2.44. The number of likely N-dealkylation sites (N-methyl/N-ethyl adjacent to an activating group) is 1. The molecule has 1 aromatic rings. The smallest absolute Gasteiger partial charge is 0.125 e. The summed E-state index contributed by atoms with van der Waals surface area (Å²) in [6.45, 7) is 6.11. The van der Waals surface area contributed by atoms with Crippen LogP contribution in [0, 0.1) is 12.7 Å². The first-order valence-electron chi connectivity index (χ1n) is 5.36. The predicted octanol–water partition coefficient (Wildman–Crippen LogP) is 1.89. The molecule has 82 valence electrons. The van der Waals surface area contributed by atoms with Crippen LogP contribution in [0.4, 0.5) is 10.1 Å². The molecule has 1 fully saturated rings. The third-order valence-corrected chi connectivity index (χ3v) is 3.02. The number of aryl methyl sites for hydroxylation is 1. The minimum atomic E-state index is -0.144. The highest BCUT2D eigenvalue weighted by Crippen LogP contribution is 2.22. The fourth-order valence-corrected chi connectivity index (χ4v) is 1.97. The summed E-state index contributed by atoms with van der Waals surface area (Å²) in [5, 5.41) is 0. The molecule has 15 heavy (non-hydrogen) atoms. The number of benzene rings is 1. The second kappa shape index (κ2) is 4.19. The van der Waals surface area contributed by atoms with E-state index in [9.17, 15) is 4.39 Å². The average molecular weight is 208 g/mol. The Kier molecular flexibility index (Phi) is 2.91. The van der Waals surface area contributed by atoms with Gasteiger partial charge in [0.2, 0.25) is 0 Å². The van der Waals surface area contributed by atoms with Crippen molar-refractivity contribution < 1.29 is 4.39 Å². The van der Waals surface area contributed by atoms with Crippen molar-refractivity contribution in [3.63, 3.8) is 0 Å². The average Bonchev–Trinajstić information content (AvgIpc) is 2.23. The Balaban J connectivity index is 2.18. The van der Waals surface area contributed by atoms with E-state index in [4.69, 9.17) is 0 Å². The van der Waals surface area contributed by atoms with Crippen LogP contribution in [0.25, 0.3) is 0 Å². The Labute approximate surface area is 90.3 Å². The van der Waals surface area contributed by atoms with Crippen LogP contribution in [0.3, 0.4) is 0 Å². The molecule has 1 aliphatic rings. The van der Waals surface area contributed by atoms with Gasteiger partial charge in [0, 0.05) is 31.9 Å². The minimum absolute atomic E-state index is 0.144. The van der Waals surface area contributed by atoms with E-state index in [-0.39, 0.29) is 5.82 Å². The normalized spacial score (nSPS) is 18.2. The quantitative estimate of drug-likeness (QED) is 0.695. The van der Waals surface area contributed by atoms with Gasteiger partial charge in [0.25, 0.3) is 0 Å². The molecular weight excluding hydrogens is 191 g/mol.